The normalized spacial score (nSPS) is 17.1. The van der Waals surface area contributed by atoms with Crippen molar-refractivity contribution in [3.05, 3.63) is 107 Å². The molecule has 7 amide bonds. The SMILES string of the molecule is CC1NC(=O)C(N(C)C(=O)C(CCCCN)NC(=O)c2ccc(-c3ccc(Cl)cc3)cc2)c2ccc(O)c(c2)-c2cc(ccc2O)CC(C(=O)NC(C)C(=O)N(C)CC(N)=O)NC1=O. The summed E-state index contributed by atoms with van der Waals surface area (Å²) in [7, 11) is 2.71. The van der Waals surface area contributed by atoms with Gasteiger partial charge in [-0.25, -0.2) is 0 Å². The fourth-order valence-corrected chi connectivity index (χ4v) is 7.48. The van der Waals surface area contributed by atoms with Gasteiger partial charge in [-0.1, -0.05) is 48.0 Å². The molecular weight excluding hydrogens is 844 g/mol. The molecule has 4 bridgehead atoms. The van der Waals surface area contributed by atoms with Crippen molar-refractivity contribution in [1.82, 2.24) is 31.1 Å². The zero-order chi connectivity index (χ0) is 46.8. The second-order valence-electron chi connectivity index (χ2n) is 15.8. The fraction of sp³-hybridized carbons (Fsp3) is 0.326. The lowest BCUT2D eigenvalue weighted by Gasteiger charge is -2.32. The van der Waals surface area contributed by atoms with Crippen LogP contribution >= 0.6 is 11.6 Å². The maximum absolute atomic E-state index is 14.6. The molecule has 338 valence electrons. The number of hydrogen-bond donors (Lipinski definition) is 8. The van der Waals surface area contributed by atoms with Crippen molar-refractivity contribution in [2.45, 2.75) is 69.7 Å². The van der Waals surface area contributed by atoms with Crippen molar-refractivity contribution < 1.29 is 43.8 Å². The van der Waals surface area contributed by atoms with Gasteiger partial charge in [0.2, 0.25) is 35.4 Å². The molecule has 0 spiro atoms. The summed E-state index contributed by atoms with van der Waals surface area (Å²) in [5.41, 5.74) is 13.8. The van der Waals surface area contributed by atoms with Crippen LogP contribution in [0.15, 0.2) is 84.9 Å². The zero-order valence-electron chi connectivity index (χ0n) is 35.9. The van der Waals surface area contributed by atoms with Crippen LogP contribution in [0.4, 0.5) is 0 Å². The minimum atomic E-state index is -1.47. The van der Waals surface area contributed by atoms with Gasteiger partial charge in [0.15, 0.2) is 0 Å². The number of phenols is 2. The number of rotatable bonds is 14. The summed E-state index contributed by atoms with van der Waals surface area (Å²) in [5.74, 6) is -5.53. The number of aromatic hydroxyl groups is 2. The van der Waals surface area contributed by atoms with E-state index >= 15 is 0 Å². The van der Waals surface area contributed by atoms with E-state index in [1.165, 1.54) is 64.3 Å². The van der Waals surface area contributed by atoms with Gasteiger partial charge in [0.1, 0.15) is 41.7 Å². The van der Waals surface area contributed by atoms with Crippen molar-refractivity contribution in [1.29, 1.82) is 0 Å². The second kappa shape index (κ2) is 21.4. The lowest BCUT2D eigenvalue weighted by Crippen LogP contribution is -2.57. The third-order valence-electron chi connectivity index (χ3n) is 10.9. The van der Waals surface area contributed by atoms with Gasteiger partial charge in [-0.15, -0.1) is 0 Å². The maximum Gasteiger partial charge on any atom is 0.251 e. The number of hydrogen-bond acceptors (Lipinski definition) is 10. The van der Waals surface area contributed by atoms with Crippen molar-refractivity contribution >= 4 is 53.0 Å². The Bertz CT molecular complexity index is 2400. The van der Waals surface area contributed by atoms with Gasteiger partial charge in [0.05, 0.1) is 6.54 Å². The van der Waals surface area contributed by atoms with Gasteiger partial charge in [-0.2, -0.15) is 0 Å². The van der Waals surface area contributed by atoms with E-state index in [2.05, 4.69) is 21.3 Å². The van der Waals surface area contributed by atoms with Crippen molar-refractivity contribution in [2.75, 3.05) is 27.2 Å². The van der Waals surface area contributed by atoms with Crippen LogP contribution in [0.5, 0.6) is 11.5 Å². The zero-order valence-corrected chi connectivity index (χ0v) is 36.6. The highest BCUT2D eigenvalue weighted by Gasteiger charge is 2.36. The maximum atomic E-state index is 14.6. The van der Waals surface area contributed by atoms with E-state index in [-0.39, 0.29) is 46.6 Å². The molecule has 0 saturated heterocycles. The van der Waals surface area contributed by atoms with Gasteiger partial charge in [-0.05, 0) is 110 Å². The third kappa shape index (κ3) is 11.9. The molecule has 0 aromatic heterocycles. The number of benzene rings is 4. The number of unbranched alkanes of at least 4 members (excludes halogenated alkanes) is 1. The molecular formula is C46H53ClN8O9. The summed E-state index contributed by atoms with van der Waals surface area (Å²) in [6, 6.07) is 16.2. The predicted octanol–water partition coefficient (Wildman–Crippen LogP) is 2.51. The first-order valence-corrected chi connectivity index (χ1v) is 21.0. The number of halogens is 1. The summed E-state index contributed by atoms with van der Waals surface area (Å²) in [6.45, 7) is 2.71. The molecule has 4 aromatic rings. The van der Waals surface area contributed by atoms with Crippen LogP contribution in [-0.2, 0) is 35.2 Å². The number of amides is 7. The summed E-state index contributed by atoms with van der Waals surface area (Å²) in [4.78, 5) is 96.7. The molecule has 0 fully saturated rings. The molecule has 5 atom stereocenters. The first-order chi connectivity index (χ1) is 30.4. The van der Waals surface area contributed by atoms with Crippen LogP contribution in [0.3, 0.4) is 0 Å². The molecule has 4 aromatic carbocycles. The fourth-order valence-electron chi connectivity index (χ4n) is 7.35. The molecule has 17 nitrogen and oxygen atoms in total. The summed E-state index contributed by atoms with van der Waals surface area (Å²) < 4.78 is 0. The molecule has 1 heterocycles. The van der Waals surface area contributed by atoms with Gasteiger partial charge in [0.25, 0.3) is 5.91 Å². The standard InChI is InChI=1S/C46H53ClN8O9/c1-25-41(59)53-36(43(61)51-26(2)45(63)54(3)24-39(49)58)22-27-8-18-37(56)33(21-27)34-23-31(15-19-38(34)57)40(44(62)50-25)55(4)46(64)35(7-5-6-20-48)52-42(60)30-11-9-28(10-12-30)29-13-16-32(47)17-14-29/h8-19,21,23,25-26,35-36,40,56-57H,5-7,20,22,24,48H2,1-4H3,(H2,49,58)(H,50,62)(H,51,61)(H,52,60)(H,53,59). The lowest BCUT2D eigenvalue weighted by molar-refractivity contribution is -0.141. The Morgan fingerprint density at radius 2 is 1.42 bits per heavy atom. The Labute approximate surface area is 375 Å². The summed E-state index contributed by atoms with van der Waals surface area (Å²) >= 11 is 6.04. The van der Waals surface area contributed by atoms with Gasteiger partial charge < -0.3 is 52.7 Å². The Kier molecular flexibility index (Phi) is 16.1. The van der Waals surface area contributed by atoms with Crippen LogP contribution in [0.2, 0.25) is 5.02 Å². The van der Waals surface area contributed by atoms with Crippen LogP contribution in [-0.4, -0.2) is 113 Å². The molecule has 5 unspecified atom stereocenters. The number of nitrogens with zero attached hydrogens (tertiary/aromatic N) is 2. The monoisotopic (exact) mass is 896 g/mol. The molecule has 0 saturated carbocycles. The number of likely N-dealkylation sites (N-methyl/N-ethyl adjacent to an activating group) is 2. The number of primary amides is 1. The van der Waals surface area contributed by atoms with Crippen LogP contribution in [0.1, 0.15) is 60.6 Å². The van der Waals surface area contributed by atoms with Crippen LogP contribution in [0, 0.1) is 0 Å². The predicted molar refractivity (Wildman–Crippen MR) is 239 cm³/mol. The lowest BCUT2D eigenvalue weighted by atomic mass is 9.93. The van der Waals surface area contributed by atoms with Crippen molar-refractivity contribution in [3.8, 4) is 33.8 Å². The van der Waals surface area contributed by atoms with E-state index in [1.54, 1.807) is 36.4 Å². The largest absolute Gasteiger partial charge is 0.507 e. The minimum Gasteiger partial charge on any atom is -0.507 e. The van der Waals surface area contributed by atoms with E-state index in [9.17, 15) is 43.8 Å². The van der Waals surface area contributed by atoms with Gasteiger partial charge in [-0.3, -0.25) is 33.6 Å². The number of phenolic OH excluding ortho intramolecular Hbond substituents is 2. The summed E-state index contributed by atoms with van der Waals surface area (Å²) in [5, 5.41) is 33.5. The number of carbonyl (C=O) groups excluding carboxylic acids is 7. The van der Waals surface area contributed by atoms with E-state index in [1.807, 2.05) is 12.1 Å². The number of nitrogens with two attached hydrogens (primary N) is 2. The van der Waals surface area contributed by atoms with Gasteiger partial charge >= 0.3 is 0 Å². The first-order valence-electron chi connectivity index (χ1n) is 20.6. The van der Waals surface area contributed by atoms with E-state index in [0.717, 1.165) is 20.9 Å². The molecule has 5 rings (SSSR count). The Balaban J connectivity index is 1.48. The molecule has 0 aliphatic carbocycles. The average Bonchev–Trinajstić information content (AvgIpc) is 3.26. The van der Waals surface area contributed by atoms with Crippen molar-refractivity contribution in [3.63, 3.8) is 0 Å². The van der Waals surface area contributed by atoms with Gasteiger partial charge in [0, 0.05) is 42.2 Å². The Morgan fingerprint density at radius 3 is 2.05 bits per heavy atom. The van der Waals surface area contributed by atoms with Crippen LogP contribution in [0.25, 0.3) is 22.3 Å². The molecule has 64 heavy (non-hydrogen) atoms. The highest BCUT2D eigenvalue weighted by Crippen LogP contribution is 2.39. The van der Waals surface area contributed by atoms with E-state index in [4.69, 9.17) is 23.1 Å². The molecule has 1 aliphatic heterocycles. The van der Waals surface area contributed by atoms with E-state index < -0.39 is 78.1 Å². The quantitative estimate of drug-likeness (QED) is 0.0858. The number of carbonyl (C=O) groups is 7. The summed E-state index contributed by atoms with van der Waals surface area (Å²) in [6.07, 6.45) is 1.00. The molecule has 0 radical (unpaired) electrons. The average molecular weight is 897 g/mol. The minimum absolute atomic E-state index is 0.0807. The number of nitrogens with one attached hydrogen (secondary N) is 4. The molecule has 10 N–H and O–H groups in total. The topological polar surface area (TPSA) is 267 Å². The first kappa shape index (κ1) is 48.1. The highest BCUT2D eigenvalue weighted by molar-refractivity contribution is 6.30. The number of fused-ring (bicyclic) bond motifs is 5. The van der Waals surface area contributed by atoms with E-state index in [0.29, 0.717) is 30.0 Å². The Hall–Kier alpha value is -6.98. The Morgan fingerprint density at radius 1 is 0.812 bits per heavy atom. The highest BCUT2D eigenvalue weighted by atomic mass is 35.5. The molecule has 18 heteroatoms. The van der Waals surface area contributed by atoms with Crippen molar-refractivity contribution in [2.24, 2.45) is 11.5 Å². The third-order valence-corrected chi connectivity index (χ3v) is 11.1. The second-order valence-corrected chi connectivity index (χ2v) is 16.2. The smallest absolute Gasteiger partial charge is 0.251 e. The van der Waals surface area contributed by atoms with Crippen LogP contribution < -0.4 is 32.7 Å². The molecule has 1 aliphatic rings.